The number of carbonyl (C=O) groups excluding carboxylic acids is 1. The Morgan fingerprint density at radius 1 is 1.53 bits per heavy atom. The molecule has 0 aliphatic carbocycles. The lowest BCUT2D eigenvalue weighted by Crippen LogP contribution is -2.03. The van der Waals surface area contributed by atoms with E-state index in [1.54, 1.807) is 16.8 Å². The minimum Gasteiger partial charge on any atom is -0.311 e. The monoisotopic (exact) mass is 299 g/mol. The third-order valence-electron chi connectivity index (χ3n) is 2.45. The Morgan fingerprint density at radius 3 is 2.82 bits per heavy atom. The van der Waals surface area contributed by atoms with Crippen molar-refractivity contribution in [1.29, 1.82) is 0 Å². The summed E-state index contributed by atoms with van der Waals surface area (Å²) in [5, 5.41) is 6.93. The summed E-state index contributed by atoms with van der Waals surface area (Å²) in [6, 6.07) is 3.48. The van der Waals surface area contributed by atoms with Crippen molar-refractivity contribution in [3.63, 3.8) is 0 Å². The highest BCUT2D eigenvalue weighted by Gasteiger charge is 2.17. The number of hydrogen-bond donors (Lipinski definition) is 1. The van der Waals surface area contributed by atoms with Crippen molar-refractivity contribution in [3.05, 3.63) is 22.4 Å². The summed E-state index contributed by atoms with van der Waals surface area (Å²) < 4.78 is 16.0. The number of hydrogen-bond acceptors (Lipinski definition) is 2. The molecule has 0 spiro atoms. The van der Waals surface area contributed by atoms with Gasteiger partial charge in [0.1, 0.15) is 0 Å². The second kappa shape index (κ2) is 4.44. The molecule has 0 aliphatic heterocycles. The van der Waals surface area contributed by atoms with E-state index >= 15 is 0 Å². The number of aromatic nitrogens is 2. The van der Waals surface area contributed by atoms with Gasteiger partial charge in [0, 0.05) is 6.04 Å². The highest BCUT2D eigenvalue weighted by Crippen LogP contribution is 2.31. The molecule has 2 aromatic rings. The molecule has 0 saturated heterocycles. The van der Waals surface area contributed by atoms with Crippen molar-refractivity contribution in [3.8, 4) is 0 Å². The molecule has 6 heteroatoms. The highest BCUT2D eigenvalue weighted by molar-refractivity contribution is 9.10. The fourth-order valence-corrected chi connectivity index (χ4v) is 2.05. The number of nitrogens with one attached hydrogen (secondary N) is 1. The van der Waals surface area contributed by atoms with Crippen LogP contribution < -0.4 is 5.32 Å². The molecule has 2 rings (SSSR count). The van der Waals surface area contributed by atoms with E-state index in [1.807, 2.05) is 13.8 Å². The lowest BCUT2D eigenvalue weighted by atomic mass is 10.2. The standard InChI is InChI=1S/C11H11BrFN3O/c1-6(2)16-8-4-3-7(12)10(13)9(8)11(15-16)14-5-17/h3-6H,1-2H3,(H,14,15,17). The molecule has 4 nitrogen and oxygen atoms in total. The number of halogens is 2. The minimum absolute atomic E-state index is 0.0836. The molecule has 0 saturated carbocycles. The zero-order chi connectivity index (χ0) is 12.6. The van der Waals surface area contributed by atoms with Gasteiger partial charge in [-0.3, -0.25) is 9.48 Å². The predicted octanol–water partition coefficient (Wildman–Crippen LogP) is 3.09. The van der Waals surface area contributed by atoms with E-state index in [1.165, 1.54) is 0 Å². The van der Waals surface area contributed by atoms with Crippen molar-refractivity contribution >= 4 is 39.1 Å². The van der Waals surface area contributed by atoms with Crippen LogP contribution in [-0.4, -0.2) is 16.2 Å². The Labute approximate surface area is 106 Å². The molecule has 0 aliphatic rings. The largest absolute Gasteiger partial charge is 0.311 e. The van der Waals surface area contributed by atoms with Crippen molar-refractivity contribution in [2.45, 2.75) is 19.9 Å². The lowest BCUT2D eigenvalue weighted by Gasteiger charge is -2.06. The number of fused-ring (bicyclic) bond motifs is 1. The molecule has 0 atom stereocenters. The van der Waals surface area contributed by atoms with Gasteiger partial charge in [-0.2, -0.15) is 5.10 Å². The fourth-order valence-electron chi connectivity index (χ4n) is 1.72. The van der Waals surface area contributed by atoms with E-state index in [4.69, 9.17) is 0 Å². The maximum Gasteiger partial charge on any atom is 0.212 e. The number of rotatable bonds is 3. The Morgan fingerprint density at radius 2 is 2.24 bits per heavy atom. The molecule has 1 amide bonds. The van der Waals surface area contributed by atoms with Gasteiger partial charge in [0.2, 0.25) is 6.41 Å². The molecule has 0 fully saturated rings. The topological polar surface area (TPSA) is 46.9 Å². The first-order chi connectivity index (χ1) is 8.06. The van der Waals surface area contributed by atoms with Crippen LogP contribution in [0.15, 0.2) is 16.6 Å². The third-order valence-corrected chi connectivity index (χ3v) is 3.06. The average Bonchev–Trinajstić information content (AvgIpc) is 2.64. The molecule has 1 N–H and O–H groups in total. The molecular weight excluding hydrogens is 289 g/mol. The first-order valence-corrected chi connectivity index (χ1v) is 5.92. The van der Waals surface area contributed by atoms with Crippen LogP contribution in [-0.2, 0) is 4.79 Å². The third kappa shape index (κ3) is 1.93. The number of carbonyl (C=O) groups is 1. The number of benzene rings is 1. The molecule has 90 valence electrons. The zero-order valence-corrected chi connectivity index (χ0v) is 11.0. The minimum atomic E-state index is -0.418. The normalized spacial score (nSPS) is 11.1. The van der Waals surface area contributed by atoms with Gasteiger partial charge in [0.05, 0.1) is 15.4 Å². The lowest BCUT2D eigenvalue weighted by molar-refractivity contribution is -0.105. The highest BCUT2D eigenvalue weighted by atomic mass is 79.9. The second-order valence-corrected chi connectivity index (χ2v) is 4.76. The zero-order valence-electron chi connectivity index (χ0n) is 9.37. The molecular formula is C11H11BrFN3O. The van der Waals surface area contributed by atoms with Crippen LogP contribution in [0.3, 0.4) is 0 Å². The first kappa shape index (κ1) is 12.0. The Balaban J connectivity index is 2.81. The Bertz CT molecular complexity index is 580. The second-order valence-electron chi connectivity index (χ2n) is 3.90. The summed E-state index contributed by atoms with van der Waals surface area (Å²) >= 11 is 3.12. The molecule has 1 aromatic heterocycles. The van der Waals surface area contributed by atoms with Crippen molar-refractivity contribution in [1.82, 2.24) is 9.78 Å². The van der Waals surface area contributed by atoms with E-state index in [2.05, 4.69) is 26.3 Å². The van der Waals surface area contributed by atoms with E-state index in [0.717, 1.165) is 0 Å². The van der Waals surface area contributed by atoms with Crippen molar-refractivity contribution in [2.24, 2.45) is 0 Å². The molecule has 0 radical (unpaired) electrons. The van der Waals surface area contributed by atoms with E-state index in [9.17, 15) is 9.18 Å². The SMILES string of the molecule is CC(C)n1nc(NC=O)c2c(F)c(Br)ccc21. The number of amides is 1. The van der Waals surface area contributed by atoms with Crippen molar-refractivity contribution in [2.75, 3.05) is 5.32 Å². The van der Waals surface area contributed by atoms with Crippen molar-refractivity contribution < 1.29 is 9.18 Å². The maximum atomic E-state index is 14.0. The number of nitrogens with zero attached hydrogens (tertiary/aromatic N) is 2. The smallest absolute Gasteiger partial charge is 0.212 e. The summed E-state index contributed by atoms with van der Waals surface area (Å²) in [7, 11) is 0. The number of anilines is 1. The van der Waals surface area contributed by atoms with Gasteiger partial charge in [-0.05, 0) is 41.9 Å². The quantitative estimate of drug-likeness (QED) is 0.885. The summed E-state index contributed by atoms with van der Waals surface area (Å²) in [4.78, 5) is 10.5. The van der Waals surface area contributed by atoms with Gasteiger partial charge in [-0.1, -0.05) is 0 Å². The summed E-state index contributed by atoms with van der Waals surface area (Å²) in [6.07, 6.45) is 0.493. The van der Waals surface area contributed by atoms with Gasteiger partial charge < -0.3 is 5.32 Å². The van der Waals surface area contributed by atoms with Gasteiger partial charge >= 0.3 is 0 Å². The molecule has 1 aromatic carbocycles. The van der Waals surface area contributed by atoms with E-state index < -0.39 is 5.82 Å². The van der Waals surface area contributed by atoms with Gasteiger partial charge in [-0.15, -0.1) is 0 Å². The van der Waals surface area contributed by atoms with Gasteiger partial charge in [0.25, 0.3) is 0 Å². The van der Waals surface area contributed by atoms with Crippen LogP contribution in [0.1, 0.15) is 19.9 Å². The maximum absolute atomic E-state index is 14.0. The summed E-state index contributed by atoms with van der Waals surface area (Å²) in [6.45, 7) is 3.88. The molecule has 0 bridgehead atoms. The summed E-state index contributed by atoms with van der Waals surface area (Å²) in [5.74, 6) is -0.179. The van der Waals surface area contributed by atoms with Gasteiger partial charge in [0.15, 0.2) is 11.6 Å². The average molecular weight is 300 g/mol. The van der Waals surface area contributed by atoms with Crippen LogP contribution in [0.4, 0.5) is 10.2 Å². The van der Waals surface area contributed by atoms with Crippen LogP contribution >= 0.6 is 15.9 Å². The Hall–Kier alpha value is -1.43. The fraction of sp³-hybridized carbons (Fsp3) is 0.273. The molecule has 17 heavy (non-hydrogen) atoms. The van der Waals surface area contributed by atoms with E-state index in [-0.39, 0.29) is 11.9 Å². The Kier molecular flexibility index (Phi) is 3.15. The van der Waals surface area contributed by atoms with Crippen LogP contribution in [0.2, 0.25) is 0 Å². The predicted molar refractivity (Wildman–Crippen MR) is 67.5 cm³/mol. The summed E-state index contributed by atoms with van der Waals surface area (Å²) in [5.41, 5.74) is 0.657. The van der Waals surface area contributed by atoms with Crippen LogP contribution in [0.25, 0.3) is 10.9 Å². The van der Waals surface area contributed by atoms with Gasteiger partial charge in [-0.25, -0.2) is 4.39 Å². The van der Waals surface area contributed by atoms with E-state index in [0.29, 0.717) is 21.8 Å². The van der Waals surface area contributed by atoms with Crippen LogP contribution in [0.5, 0.6) is 0 Å². The molecule has 0 unspecified atom stereocenters. The van der Waals surface area contributed by atoms with Crippen LogP contribution in [0, 0.1) is 5.82 Å². The molecule has 1 heterocycles. The first-order valence-electron chi connectivity index (χ1n) is 5.12.